The zero-order valence-electron chi connectivity index (χ0n) is 8.80. The van der Waals surface area contributed by atoms with E-state index < -0.39 is 0 Å². The molecule has 0 saturated heterocycles. The number of rotatable bonds is 5. The van der Waals surface area contributed by atoms with Gasteiger partial charge in [0.15, 0.2) is 0 Å². The normalized spacial score (nSPS) is 9.77. The van der Waals surface area contributed by atoms with Crippen LogP contribution in [0, 0.1) is 0 Å². The van der Waals surface area contributed by atoms with Crippen LogP contribution in [0.15, 0.2) is 0 Å². The quantitative estimate of drug-likeness (QED) is 0.656. The van der Waals surface area contributed by atoms with Gasteiger partial charge in [0.1, 0.15) is 0 Å². The van der Waals surface area contributed by atoms with Gasteiger partial charge < -0.3 is 0 Å². The van der Waals surface area contributed by atoms with Crippen molar-refractivity contribution in [1.29, 1.82) is 0 Å². The van der Waals surface area contributed by atoms with E-state index in [0.717, 1.165) is 19.3 Å². The van der Waals surface area contributed by atoms with E-state index in [4.69, 9.17) is 0 Å². The molecule has 0 aliphatic heterocycles. The first-order chi connectivity index (χ1) is 6.13. The van der Waals surface area contributed by atoms with Crippen LogP contribution in [0.25, 0.3) is 0 Å². The van der Waals surface area contributed by atoms with Gasteiger partial charge >= 0.3 is 0 Å². The molecule has 2 amide bonds. The molecule has 0 spiro atoms. The van der Waals surface area contributed by atoms with E-state index in [1.165, 1.54) is 11.8 Å². The van der Waals surface area contributed by atoms with Gasteiger partial charge in [0.05, 0.1) is 0 Å². The lowest BCUT2D eigenvalue weighted by Crippen LogP contribution is -2.35. The molecular weight excluding hydrogens is 166 g/mol. The highest BCUT2D eigenvalue weighted by Gasteiger charge is 2.15. The maximum atomic E-state index is 11.4. The summed E-state index contributed by atoms with van der Waals surface area (Å²) < 4.78 is 0. The predicted molar refractivity (Wildman–Crippen MR) is 52.2 cm³/mol. The number of carbonyl (C=O) groups is 2. The van der Waals surface area contributed by atoms with Gasteiger partial charge in [-0.1, -0.05) is 20.3 Å². The monoisotopic (exact) mass is 185 g/mol. The van der Waals surface area contributed by atoms with Gasteiger partial charge in [-0.3, -0.25) is 14.5 Å². The van der Waals surface area contributed by atoms with Gasteiger partial charge in [-0.25, -0.2) is 0 Å². The number of hydrogen-bond donors (Lipinski definition) is 0. The fourth-order valence-corrected chi connectivity index (χ4v) is 1.12. The number of amides is 2. The summed E-state index contributed by atoms with van der Waals surface area (Å²) in [6.45, 7) is 6.01. The maximum absolute atomic E-state index is 11.4. The highest BCUT2D eigenvalue weighted by atomic mass is 16.2. The van der Waals surface area contributed by atoms with Crippen molar-refractivity contribution in [2.75, 3.05) is 6.54 Å². The topological polar surface area (TPSA) is 37.4 Å². The summed E-state index contributed by atoms with van der Waals surface area (Å²) in [4.78, 5) is 23.8. The van der Waals surface area contributed by atoms with Gasteiger partial charge in [-0.05, 0) is 12.8 Å². The molecule has 0 aliphatic carbocycles. The summed E-state index contributed by atoms with van der Waals surface area (Å²) in [6, 6.07) is 0. The average Bonchev–Trinajstić information content (AvgIpc) is 2.05. The van der Waals surface area contributed by atoms with E-state index in [-0.39, 0.29) is 11.8 Å². The summed E-state index contributed by atoms with van der Waals surface area (Å²) in [5.74, 6) is -0.171. The van der Waals surface area contributed by atoms with Gasteiger partial charge in [0.25, 0.3) is 0 Å². The van der Waals surface area contributed by atoms with Crippen molar-refractivity contribution in [3.05, 3.63) is 0 Å². The van der Waals surface area contributed by atoms with Crippen LogP contribution in [-0.4, -0.2) is 23.3 Å². The molecule has 0 aromatic heterocycles. The third-order valence-electron chi connectivity index (χ3n) is 1.88. The number of nitrogens with zero attached hydrogens (tertiary/aromatic N) is 1. The largest absolute Gasteiger partial charge is 0.283 e. The van der Waals surface area contributed by atoms with Crippen molar-refractivity contribution < 1.29 is 9.59 Å². The molecule has 3 heteroatoms. The Labute approximate surface area is 80.1 Å². The summed E-state index contributed by atoms with van der Waals surface area (Å²) in [7, 11) is 0. The van der Waals surface area contributed by atoms with Crippen molar-refractivity contribution in [3.8, 4) is 0 Å². The molecule has 0 unspecified atom stereocenters. The molecule has 13 heavy (non-hydrogen) atoms. The second-order valence-corrected chi connectivity index (χ2v) is 3.17. The summed E-state index contributed by atoms with van der Waals surface area (Å²) in [5.41, 5.74) is 0. The highest BCUT2D eigenvalue weighted by Crippen LogP contribution is 2.01. The molecule has 0 atom stereocenters. The van der Waals surface area contributed by atoms with Crippen LogP contribution >= 0.6 is 0 Å². The number of unbranched alkanes of at least 4 members (excludes halogenated alkanes) is 1. The molecule has 0 aromatic carbocycles. The molecule has 3 nitrogen and oxygen atoms in total. The smallest absolute Gasteiger partial charge is 0.229 e. The Morgan fingerprint density at radius 1 is 1.15 bits per heavy atom. The molecular formula is C10H19NO2. The maximum Gasteiger partial charge on any atom is 0.229 e. The first-order valence-electron chi connectivity index (χ1n) is 4.94. The van der Waals surface area contributed by atoms with Crippen LogP contribution in [0.2, 0.25) is 0 Å². The van der Waals surface area contributed by atoms with E-state index in [9.17, 15) is 9.59 Å². The highest BCUT2D eigenvalue weighted by molar-refractivity contribution is 5.94. The number of imide groups is 1. The van der Waals surface area contributed by atoms with Crippen LogP contribution in [0.4, 0.5) is 0 Å². The molecule has 0 aromatic rings. The third-order valence-corrected chi connectivity index (χ3v) is 1.88. The van der Waals surface area contributed by atoms with Crippen molar-refractivity contribution in [1.82, 2.24) is 4.90 Å². The van der Waals surface area contributed by atoms with E-state index in [2.05, 4.69) is 0 Å². The SMILES string of the molecule is CCCCN(C(C)=O)C(=O)CCC. The van der Waals surface area contributed by atoms with Crippen molar-refractivity contribution in [3.63, 3.8) is 0 Å². The van der Waals surface area contributed by atoms with E-state index in [1.807, 2.05) is 13.8 Å². The zero-order valence-corrected chi connectivity index (χ0v) is 8.80. The Balaban J connectivity index is 4.07. The number of hydrogen-bond acceptors (Lipinski definition) is 2. The summed E-state index contributed by atoms with van der Waals surface area (Å²) in [5, 5.41) is 0. The van der Waals surface area contributed by atoms with Gasteiger partial charge in [-0.2, -0.15) is 0 Å². The summed E-state index contributed by atoms with van der Waals surface area (Å²) >= 11 is 0. The third kappa shape index (κ3) is 4.65. The molecule has 0 fully saturated rings. The molecule has 0 bridgehead atoms. The van der Waals surface area contributed by atoms with Crippen LogP contribution in [0.5, 0.6) is 0 Å². The van der Waals surface area contributed by atoms with Crippen molar-refractivity contribution >= 4 is 11.8 Å². The van der Waals surface area contributed by atoms with E-state index >= 15 is 0 Å². The van der Waals surface area contributed by atoms with Crippen LogP contribution in [-0.2, 0) is 9.59 Å². The average molecular weight is 185 g/mol. The molecule has 0 N–H and O–H groups in total. The van der Waals surface area contributed by atoms with Gasteiger partial charge in [0, 0.05) is 19.9 Å². The van der Waals surface area contributed by atoms with Gasteiger partial charge in [0.2, 0.25) is 11.8 Å². The predicted octanol–water partition coefficient (Wildman–Crippen LogP) is 1.96. The first kappa shape index (κ1) is 12.1. The minimum absolute atomic E-state index is 0.0385. The lowest BCUT2D eigenvalue weighted by atomic mass is 10.2. The Morgan fingerprint density at radius 2 is 1.77 bits per heavy atom. The van der Waals surface area contributed by atoms with E-state index in [1.54, 1.807) is 0 Å². The minimum Gasteiger partial charge on any atom is -0.283 e. The fourth-order valence-electron chi connectivity index (χ4n) is 1.12. The molecule has 0 rings (SSSR count). The van der Waals surface area contributed by atoms with Crippen molar-refractivity contribution in [2.24, 2.45) is 0 Å². The van der Waals surface area contributed by atoms with E-state index in [0.29, 0.717) is 13.0 Å². The van der Waals surface area contributed by atoms with Crippen LogP contribution in [0.3, 0.4) is 0 Å². The molecule has 76 valence electrons. The minimum atomic E-state index is -0.132. The van der Waals surface area contributed by atoms with Crippen LogP contribution < -0.4 is 0 Å². The second kappa shape index (κ2) is 6.63. The van der Waals surface area contributed by atoms with Crippen LogP contribution in [0.1, 0.15) is 46.5 Å². The Bertz CT molecular complexity index is 178. The summed E-state index contributed by atoms with van der Waals surface area (Å²) in [6.07, 6.45) is 3.18. The lowest BCUT2D eigenvalue weighted by molar-refractivity contribution is -0.143. The number of carbonyl (C=O) groups excluding carboxylic acids is 2. The molecule has 0 radical (unpaired) electrons. The standard InChI is InChI=1S/C10H19NO2/c1-4-6-8-11(9(3)12)10(13)7-5-2/h4-8H2,1-3H3. The second-order valence-electron chi connectivity index (χ2n) is 3.17. The van der Waals surface area contributed by atoms with Gasteiger partial charge in [-0.15, -0.1) is 0 Å². The Hall–Kier alpha value is -0.860. The Morgan fingerprint density at radius 3 is 2.15 bits per heavy atom. The fraction of sp³-hybridized carbons (Fsp3) is 0.800. The lowest BCUT2D eigenvalue weighted by Gasteiger charge is -2.18. The zero-order chi connectivity index (χ0) is 10.3. The van der Waals surface area contributed by atoms with Crippen molar-refractivity contribution in [2.45, 2.75) is 46.5 Å². The first-order valence-corrected chi connectivity index (χ1v) is 4.94. The Kier molecular flexibility index (Phi) is 6.20. The molecule has 0 aliphatic rings. The molecule has 0 heterocycles. The molecule has 0 saturated carbocycles.